The zero-order valence-electron chi connectivity index (χ0n) is 18.0. The summed E-state index contributed by atoms with van der Waals surface area (Å²) in [4.78, 5) is 39.9. The van der Waals surface area contributed by atoms with E-state index in [4.69, 9.17) is 11.6 Å². The molecule has 4 rings (SSSR count). The monoisotopic (exact) mass is 462 g/mol. The van der Waals surface area contributed by atoms with Crippen molar-refractivity contribution in [3.8, 4) is 0 Å². The first-order valence-electron chi connectivity index (χ1n) is 10.5. The molecule has 1 atom stereocenters. The van der Waals surface area contributed by atoms with Crippen molar-refractivity contribution in [2.24, 2.45) is 0 Å². The largest absolute Gasteiger partial charge is 0.372 e. The summed E-state index contributed by atoms with van der Waals surface area (Å²) in [6.07, 6.45) is -0.0731. The third-order valence-electron chi connectivity index (χ3n) is 5.24. The lowest BCUT2D eigenvalue weighted by Crippen LogP contribution is -2.50. The van der Waals surface area contributed by atoms with Crippen LogP contribution in [0.1, 0.15) is 12.0 Å². The lowest BCUT2D eigenvalue weighted by molar-refractivity contribution is -0.124. The van der Waals surface area contributed by atoms with Crippen LogP contribution in [0.25, 0.3) is 0 Å². The van der Waals surface area contributed by atoms with Crippen molar-refractivity contribution in [1.82, 2.24) is 0 Å². The van der Waals surface area contributed by atoms with Crippen LogP contribution in [-0.4, -0.2) is 30.3 Å². The third-order valence-corrected chi connectivity index (χ3v) is 5.50. The maximum Gasteiger partial charge on any atom is 0.250 e. The van der Waals surface area contributed by atoms with Crippen LogP contribution in [-0.2, 0) is 14.4 Å². The minimum atomic E-state index is -0.798. The minimum Gasteiger partial charge on any atom is -0.372 e. The summed E-state index contributed by atoms with van der Waals surface area (Å²) in [5, 5.41) is 9.28. The normalized spacial score (nSPS) is 14.8. The Morgan fingerprint density at radius 1 is 0.909 bits per heavy atom. The Labute approximate surface area is 196 Å². The molecule has 0 unspecified atom stereocenters. The maximum absolute atomic E-state index is 13.2. The molecular formula is C25H23ClN4O3. The SMILES string of the molecule is Cc1ccc(NC(=O)C[C@H]2Nc3ccccc3N(CC(=O)Nc3ccc(Cl)cc3)C2=O)cc1. The van der Waals surface area contributed by atoms with Gasteiger partial charge in [-0.2, -0.15) is 0 Å². The summed E-state index contributed by atoms with van der Waals surface area (Å²) >= 11 is 5.89. The van der Waals surface area contributed by atoms with Crippen LogP contribution >= 0.6 is 11.6 Å². The van der Waals surface area contributed by atoms with Gasteiger partial charge in [-0.05, 0) is 55.5 Å². The number of rotatable bonds is 6. The molecule has 1 aliphatic heterocycles. The zero-order valence-corrected chi connectivity index (χ0v) is 18.7. The predicted octanol–water partition coefficient (Wildman–Crippen LogP) is 4.44. The average molecular weight is 463 g/mol. The fourth-order valence-corrected chi connectivity index (χ4v) is 3.73. The first kappa shape index (κ1) is 22.4. The summed E-state index contributed by atoms with van der Waals surface area (Å²) in [5.74, 6) is -1.00. The van der Waals surface area contributed by atoms with Gasteiger partial charge in [0.1, 0.15) is 12.6 Å². The first-order chi connectivity index (χ1) is 15.9. The van der Waals surface area contributed by atoms with E-state index in [2.05, 4.69) is 16.0 Å². The molecule has 168 valence electrons. The molecule has 1 heterocycles. The summed E-state index contributed by atoms with van der Waals surface area (Å²) in [6, 6.07) is 20.5. The van der Waals surface area contributed by atoms with Gasteiger partial charge < -0.3 is 16.0 Å². The number of hydrogen-bond acceptors (Lipinski definition) is 4. The van der Waals surface area contributed by atoms with Gasteiger partial charge in [0.25, 0.3) is 5.91 Å². The highest BCUT2D eigenvalue weighted by Crippen LogP contribution is 2.32. The zero-order chi connectivity index (χ0) is 23.4. The lowest BCUT2D eigenvalue weighted by Gasteiger charge is -2.34. The van der Waals surface area contributed by atoms with E-state index in [0.29, 0.717) is 27.8 Å². The Morgan fingerprint density at radius 3 is 2.21 bits per heavy atom. The molecule has 1 aliphatic rings. The Hall–Kier alpha value is -3.84. The number of benzene rings is 3. The molecule has 3 aromatic rings. The number of nitrogens with zero attached hydrogens (tertiary/aromatic N) is 1. The molecule has 0 radical (unpaired) electrons. The molecule has 3 aromatic carbocycles. The van der Waals surface area contributed by atoms with Gasteiger partial charge in [-0.25, -0.2) is 0 Å². The van der Waals surface area contributed by atoms with E-state index >= 15 is 0 Å². The van der Waals surface area contributed by atoms with Crippen molar-refractivity contribution in [2.45, 2.75) is 19.4 Å². The van der Waals surface area contributed by atoms with Gasteiger partial charge in [0.05, 0.1) is 17.8 Å². The van der Waals surface area contributed by atoms with E-state index in [1.165, 1.54) is 4.90 Å². The molecule has 8 heteroatoms. The summed E-state index contributed by atoms with van der Waals surface area (Å²) < 4.78 is 0. The van der Waals surface area contributed by atoms with Crippen LogP contribution in [0.5, 0.6) is 0 Å². The number of halogens is 1. The standard InChI is InChI=1S/C25H23ClN4O3/c1-16-6-10-18(11-7-16)27-23(31)14-21-25(33)30(22-5-3-2-4-20(22)29-21)15-24(32)28-19-12-8-17(26)9-13-19/h2-13,21,29H,14-15H2,1H3,(H,27,31)(H,28,32)/t21-/m1/s1. The van der Waals surface area contributed by atoms with Gasteiger partial charge >= 0.3 is 0 Å². The van der Waals surface area contributed by atoms with Crippen molar-refractivity contribution >= 4 is 52.1 Å². The summed E-state index contributed by atoms with van der Waals surface area (Å²) in [7, 11) is 0. The van der Waals surface area contributed by atoms with Crippen molar-refractivity contribution in [2.75, 3.05) is 27.4 Å². The highest BCUT2D eigenvalue weighted by Gasteiger charge is 2.34. The molecule has 0 spiro atoms. The smallest absolute Gasteiger partial charge is 0.250 e. The highest BCUT2D eigenvalue weighted by atomic mass is 35.5. The minimum absolute atomic E-state index is 0.0731. The van der Waals surface area contributed by atoms with Gasteiger partial charge in [0.15, 0.2) is 0 Å². The van der Waals surface area contributed by atoms with E-state index in [9.17, 15) is 14.4 Å². The average Bonchev–Trinajstić information content (AvgIpc) is 2.79. The van der Waals surface area contributed by atoms with Crippen molar-refractivity contribution in [1.29, 1.82) is 0 Å². The molecule has 0 bridgehead atoms. The number of anilines is 4. The molecule has 0 aromatic heterocycles. The van der Waals surface area contributed by atoms with Crippen LogP contribution in [0.4, 0.5) is 22.7 Å². The van der Waals surface area contributed by atoms with Gasteiger partial charge in [-0.15, -0.1) is 0 Å². The van der Waals surface area contributed by atoms with Crippen molar-refractivity contribution in [3.05, 3.63) is 83.4 Å². The fourth-order valence-electron chi connectivity index (χ4n) is 3.60. The molecular weight excluding hydrogens is 440 g/mol. The first-order valence-corrected chi connectivity index (χ1v) is 10.9. The van der Waals surface area contributed by atoms with Crippen LogP contribution in [0.15, 0.2) is 72.8 Å². The number of hydrogen-bond donors (Lipinski definition) is 3. The molecule has 0 aliphatic carbocycles. The molecule has 33 heavy (non-hydrogen) atoms. The Balaban J connectivity index is 1.47. The molecule has 3 amide bonds. The number of aryl methyl sites for hydroxylation is 1. The number of amides is 3. The maximum atomic E-state index is 13.2. The molecule has 0 saturated carbocycles. The number of carbonyl (C=O) groups is 3. The molecule has 0 saturated heterocycles. The second-order valence-electron chi connectivity index (χ2n) is 7.81. The van der Waals surface area contributed by atoms with Gasteiger partial charge in [0, 0.05) is 16.4 Å². The van der Waals surface area contributed by atoms with Gasteiger partial charge in [0.2, 0.25) is 11.8 Å². The number of nitrogens with one attached hydrogen (secondary N) is 3. The van der Waals surface area contributed by atoms with E-state index in [0.717, 1.165) is 5.56 Å². The van der Waals surface area contributed by atoms with E-state index in [1.54, 1.807) is 36.4 Å². The third kappa shape index (κ3) is 5.51. The van der Waals surface area contributed by atoms with Gasteiger partial charge in [-0.1, -0.05) is 41.4 Å². The van der Waals surface area contributed by atoms with Crippen molar-refractivity contribution < 1.29 is 14.4 Å². The number of fused-ring (bicyclic) bond motifs is 1. The van der Waals surface area contributed by atoms with E-state index in [-0.39, 0.29) is 30.7 Å². The van der Waals surface area contributed by atoms with Crippen LogP contribution in [0.3, 0.4) is 0 Å². The topological polar surface area (TPSA) is 90.5 Å². The predicted molar refractivity (Wildman–Crippen MR) is 131 cm³/mol. The Bertz CT molecular complexity index is 1180. The highest BCUT2D eigenvalue weighted by molar-refractivity contribution is 6.30. The molecule has 3 N–H and O–H groups in total. The molecule has 0 fully saturated rings. The van der Waals surface area contributed by atoms with Crippen LogP contribution in [0.2, 0.25) is 5.02 Å². The van der Waals surface area contributed by atoms with E-state index < -0.39 is 6.04 Å². The van der Waals surface area contributed by atoms with Gasteiger partial charge in [-0.3, -0.25) is 19.3 Å². The summed E-state index contributed by atoms with van der Waals surface area (Å²) in [6.45, 7) is 1.78. The Kier molecular flexibility index (Phi) is 6.60. The van der Waals surface area contributed by atoms with Crippen LogP contribution in [0, 0.1) is 6.92 Å². The Morgan fingerprint density at radius 2 is 1.52 bits per heavy atom. The number of carbonyl (C=O) groups excluding carboxylic acids is 3. The second kappa shape index (κ2) is 9.75. The lowest BCUT2D eigenvalue weighted by atomic mass is 10.1. The fraction of sp³-hybridized carbons (Fsp3) is 0.160. The summed E-state index contributed by atoms with van der Waals surface area (Å²) in [5.41, 5.74) is 3.59. The molecule has 7 nitrogen and oxygen atoms in total. The quantitative estimate of drug-likeness (QED) is 0.505. The van der Waals surface area contributed by atoms with Crippen LogP contribution < -0.4 is 20.9 Å². The van der Waals surface area contributed by atoms with E-state index in [1.807, 2.05) is 43.3 Å². The number of para-hydroxylation sites is 2. The van der Waals surface area contributed by atoms with Crippen molar-refractivity contribution in [3.63, 3.8) is 0 Å². The second-order valence-corrected chi connectivity index (χ2v) is 8.25.